The lowest BCUT2D eigenvalue weighted by Gasteiger charge is -2.20. The fourth-order valence-corrected chi connectivity index (χ4v) is 1.40. The molecule has 0 spiro atoms. The molecule has 5 nitrogen and oxygen atoms in total. The van der Waals surface area contributed by atoms with Crippen molar-refractivity contribution in [3.8, 4) is 0 Å². The molecule has 2 N–H and O–H groups in total. The summed E-state index contributed by atoms with van der Waals surface area (Å²) in [5.74, 6) is -0.0474. The Morgan fingerprint density at radius 2 is 1.77 bits per heavy atom. The van der Waals surface area contributed by atoms with Crippen LogP contribution in [0.25, 0.3) is 0 Å². The van der Waals surface area contributed by atoms with E-state index in [1.165, 1.54) is 0 Å². The van der Waals surface area contributed by atoms with E-state index in [1.54, 1.807) is 20.8 Å². The number of carbonyl (C=O) groups is 1. The number of alkyl halides is 3. The predicted molar refractivity (Wildman–Crippen MR) is 78.6 cm³/mol. The Bertz CT molecular complexity index is 502. The molecule has 1 rings (SSSR count). The molecule has 0 aliphatic heterocycles. The first-order chi connectivity index (χ1) is 9.99. The van der Waals surface area contributed by atoms with Gasteiger partial charge >= 0.3 is 12.3 Å². The number of ether oxygens (including phenoxy) is 1. The van der Waals surface area contributed by atoms with Crippen molar-refractivity contribution in [2.24, 2.45) is 0 Å². The number of aromatic nitrogens is 1. The number of pyridine rings is 1. The highest BCUT2D eigenvalue weighted by molar-refractivity contribution is 6.30. The number of amides is 1. The maximum Gasteiger partial charge on any atom is 0.426 e. The molecule has 0 saturated heterocycles. The van der Waals surface area contributed by atoms with E-state index in [0.717, 1.165) is 12.1 Å². The van der Waals surface area contributed by atoms with Crippen LogP contribution in [0.4, 0.5) is 23.8 Å². The zero-order valence-electron chi connectivity index (χ0n) is 12.9. The topological polar surface area (TPSA) is 63.2 Å². The molecule has 0 aromatic carbocycles. The zero-order chi connectivity index (χ0) is 17.6. The van der Waals surface area contributed by atoms with Crippen LogP contribution in [0.1, 0.15) is 40.2 Å². The van der Waals surface area contributed by atoms with Crippen LogP contribution in [0.5, 0.6) is 0 Å². The molecule has 1 aromatic rings. The van der Waals surface area contributed by atoms with Crippen LogP contribution in [-0.2, 0) is 10.9 Å². The van der Waals surface area contributed by atoms with Gasteiger partial charge < -0.3 is 4.74 Å². The van der Waals surface area contributed by atoms with E-state index < -0.39 is 28.6 Å². The molecule has 22 heavy (non-hydrogen) atoms. The van der Waals surface area contributed by atoms with Gasteiger partial charge in [0.15, 0.2) is 0 Å². The Morgan fingerprint density at radius 3 is 2.18 bits per heavy atom. The van der Waals surface area contributed by atoms with Crippen molar-refractivity contribution in [1.82, 2.24) is 10.4 Å². The molecule has 1 aromatic heterocycles. The number of rotatable bonds is 2. The summed E-state index contributed by atoms with van der Waals surface area (Å²) < 4.78 is 42.3. The molecular weight excluding hydrogens is 323 g/mol. The molecular formula is C13H19ClF3N3O2. The van der Waals surface area contributed by atoms with Crippen LogP contribution in [0, 0.1) is 0 Å². The molecule has 126 valence electrons. The van der Waals surface area contributed by atoms with Gasteiger partial charge in [0.1, 0.15) is 16.6 Å². The highest BCUT2D eigenvalue weighted by atomic mass is 35.5. The number of carbonyl (C=O) groups excluding carboxylic acids is 1. The fraction of sp³-hybridized carbons (Fsp3) is 0.538. The van der Waals surface area contributed by atoms with Crippen molar-refractivity contribution in [2.45, 2.75) is 46.4 Å². The van der Waals surface area contributed by atoms with Gasteiger partial charge in [0.2, 0.25) is 0 Å². The minimum Gasteiger partial charge on any atom is -0.443 e. The van der Waals surface area contributed by atoms with E-state index in [9.17, 15) is 18.0 Å². The van der Waals surface area contributed by atoms with Crippen molar-refractivity contribution in [2.75, 3.05) is 5.43 Å². The summed E-state index contributed by atoms with van der Waals surface area (Å²) in [6, 6.07) is 1.79. The summed E-state index contributed by atoms with van der Waals surface area (Å²) in [5.41, 5.74) is 2.68. The Hall–Kier alpha value is -1.70. The first kappa shape index (κ1) is 20.3. The Kier molecular flexibility index (Phi) is 7.45. The second-order valence-corrected chi connectivity index (χ2v) is 5.14. The summed E-state index contributed by atoms with van der Waals surface area (Å²) in [7, 11) is 0. The Morgan fingerprint density at radius 1 is 1.23 bits per heavy atom. The summed E-state index contributed by atoms with van der Waals surface area (Å²) in [6.45, 7) is 9.00. The van der Waals surface area contributed by atoms with Crippen LogP contribution < -0.4 is 10.9 Å². The lowest BCUT2D eigenvalue weighted by Crippen LogP contribution is -2.36. The van der Waals surface area contributed by atoms with Gasteiger partial charge in [-0.05, 0) is 32.9 Å². The molecule has 1 heterocycles. The average molecular weight is 342 g/mol. The van der Waals surface area contributed by atoms with Crippen LogP contribution in [0.2, 0.25) is 5.15 Å². The monoisotopic (exact) mass is 341 g/mol. The molecule has 0 aliphatic carbocycles. The number of hydrogen-bond donors (Lipinski definition) is 2. The smallest absolute Gasteiger partial charge is 0.426 e. The molecule has 1 amide bonds. The lowest BCUT2D eigenvalue weighted by molar-refractivity contribution is -0.137. The van der Waals surface area contributed by atoms with Gasteiger partial charge in [-0.1, -0.05) is 25.4 Å². The van der Waals surface area contributed by atoms with Crippen LogP contribution in [0.15, 0.2) is 12.1 Å². The SMILES string of the molecule is CC.CC(C)(C)OC(=O)NNc1ccc(C(F)(F)F)c(Cl)n1. The van der Waals surface area contributed by atoms with Crippen LogP contribution in [0.3, 0.4) is 0 Å². The van der Waals surface area contributed by atoms with E-state index in [2.05, 4.69) is 15.8 Å². The number of hydrazine groups is 1. The normalized spacial score (nSPS) is 11.1. The van der Waals surface area contributed by atoms with Crippen molar-refractivity contribution in [3.05, 3.63) is 22.8 Å². The second kappa shape index (κ2) is 8.07. The number of anilines is 1. The van der Waals surface area contributed by atoms with Gasteiger partial charge in [-0.15, -0.1) is 0 Å². The largest absolute Gasteiger partial charge is 0.443 e. The first-order valence-electron chi connectivity index (χ1n) is 6.48. The third kappa shape index (κ3) is 7.35. The van der Waals surface area contributed by atoms with Gasteiger partial charge in [0.25, 0.3) is 0 Å². The van der Waals surface area contributed by atoms with E-state index in [1.807, 2.05) is 13.8 Å². The zero-order valence-corrected chi connectivity index (χ0v) is 13.7. The maximum atomic E-state index is 12.4. The second-order valence-electron chi connectivity index (χ2n) is 4.78. The molecule has 0 unspecified atom stereocenters. The predicted octanol–water partition coefficient (Wildman–Crippen LogP) is 4.63. The van der Waals surface area contributed by atoms with E-state index in [4.69, 9.17) is 16.3 Å². The Labute approximate surface area is 132 Å². The summed E-state index contributed by atoms with van der Waals surface area (Å²) in [4.78, 5) is 14.8. The number of nitrogens with zero attached hydrogens (tertiary/aromatic N) is 1. The van der Waals surface area contributed by atoms with Crippen molar-refractivity contribution in [1.29, 1.82) is 0 Å². The Balaban J connectivity index is 0.00000211. The molecule has 0 radical (unpaired) electrons. The molecule has 9 heteroatoms. The van der Waals surface area contributed by atoms with Crippen molar-refractivity contribution < 1.29 is 22.7 Å². The fourth-order valence-electron chi connectivity index (χ4n) is 1.13. The number of nitrogens with one attached hydrogen (secondary N) is 2. The first-order valence-corrected chi connectivity index (χ1v) is 6.85. The third-order valence-corrected chi connectivity index (χ3v) is 2.13. The summed E-state index contributed by atoms with van der Waals surface area (Å²) in [5, 5.41) is -0.714. The highest BCUT2D eigenvalue weighted by Crippen LogP contribution is 2.34. The summed E-state index contributed by atoms with van der Waals surface area (Å²) >= 11 is 5.42. The molecule has 0 atom stereocenters. The number of halogens is 4. The van der Waals surface area contributed by atoms with Gasteiger partial charge in [-0.25, -0.2) is 15.2 Å². The molecule has 0 fully saturated rings. The van der Waals surface area contributed by atoms with E-state index >= 15 is 0 Å². The highest BCUT2D eigenvalue weighted by Gasteiger charge is 2.33. The molecule has 0 aliphatic rings. The van der Waals surface area contributed by atoms with Crippen LogP contribution >= 0.6 is 11.6 Å². The van der Waals surface area contributed by atoms with Crippen LogP contribution in [-0.4, -0.2) is 16.7 Å². The maximum absolute atomic E-state index is 12.4. The molecule has 0 saturated carbocycles. The molecule has 0 bridgehead atoms. The lowest BCUT2D eigenvalue weighted by atomic mass is 10.2. The third-order valence-electron chi connectivity index (χ3n) is 1.85. The quantitative estimate of drug-likeness (QED) is 0.608. The van der Waals surface area contributed by atoms with Crippen molar-refractivity contribution in [3.63, 3.8) is 0 Å². The van der Waals surface area contributed by atoms with E-state index in [-0.39, 0.29) is 5.82 Å². The standard InChI is InChI=1S/C11H13ClF3N3O2.C2H6/c1-10(2,3)20-9(19)18-17-7-5-4-6(8(12)16-7)11(13,14)15;1-2/h4-5H,1-3H3,(H,16,17)(H,18,19);1-2H3. The minimum absolute atomic E-state index is 0.0474. The van der Waals surface area contributed by atoms with Gasteiger partial charge in [-0.3, -0.25) is 5.43 Å². The summed E-state index contributed by atoms with van der Waals surface area (Å²) in [6.07, 6.45) is -5.38. The average Bonchev–Trinajstić information content (AvgIpc) is 2.35. The van der Waals surface area contributed by atoms with Crippen molar-refractivity contribution >= 4 is 23.5 Å². The van der Waals surface area contributed by atoms with E-state index in [0.29, 0.717) is 0 Å². The minimum atomic E-state index is -4.58. The number of hydrogen-bond acceptors (Lipinski definition) is 4. The van der Waals surface area contributed by atoms with Gasteiger partial charge in [0, 0.05) is 0 Å². The van der Waals surface area contributed by atoms with Gasteiger partial charge in [0.05, 0.1) is 5.56 Å². The van der Waals surface area contributed by atoms with Gasteiger partial charge in [-0.2, -0.15) is 13.2 Å².